The molecule has 1 aromatic rings. The third-order valence-electron chi connectivity index (χ3n) is 2.58. The van der Waals surface area contributed by atoms with Crippen molar-refractivity contribution < 1.29 is 8.42 Å². The van der Waals surface area contributed by atoms with Gasteiger partial charge in [-0.15, -0.1) is 0 Å². The van der Waals surface area contributed by atoms with Gasteiger partial charge in [0.25, 0.3) is 0 Å². The Morgan fingerprint density at radius 2 is 1.94 bits per heavy atom. The zero-order chi connectivity index (χ0) is 13.2. The minimum Gasteiger partial charge on any atom is -0.281 e. The molecule has 0 aliphatic rings. The molecule has 1 aromatic heterocycles. The van der Waals surface area contributed by atoms with E-state index in [1.165, 1.54) is 4.31 Å². The molecule has 98 valence electrons. The smallest absolute Gasteiger partial charge is 0.246 e. The molecule has 0 amide bonds. The Morgan fingerprint density at radius 1 is 1.35 bits per heavy atom. The van der Waals surface area contributed by atoms with E-state index in [1.54, 1.807) is 13.8 Å². The van der Waals surface area contributed by atoms with Crippen LogP contribution in [-0.2, 0) is 10.0 Å². The fourth-order valence-electron chi connectivity index (χ4n) is 1.85. The third kappa shape index (κ3) is 2.87. The number of H-pyrrole nitrogens is 1. The number of sulfonamides is 1. The van der Waals surface area contributed by atoms with Crippen LogP contribution < -0.4 is 0 Å². The van der Waals surface area contributed by atoms with Gasteiger partial charge >= 0.3 is 0 Å². The van der Waals surface area contributed by atoms with Crippen LogP contribution in [0.15, 0.2) is 4.90 Å². The summed E-state index contributed by atoms with van der Waals surface area (Å²) in [4.78, 5) is 0.319. The van der Waals surface area contributed by atoms with E-state index < -0.39 is 10.0 Å². The summed E-state index contributed by atoms with van der Waals surface area (Å²) in [6.07, 6.45) is 0. The highest BCUT2D eigenvalue weighted by atomic mass is 32.2. The van der Waals surface area contributed by atoms with Gasteiger partial charge in [0.2, 0.25) is 10.0 Å². The molecule has 0 fully saturated rings. The number of aromatic nitrogens is 2. The Morgan fingerprint density at radius 3 is 2.29 bits per heavy atom. The molecule has 6 heteroatoms. The topological polar surface area (TPSA) is 66.1 Å². The molecule has 0 aromatic carbocycles. The van der Waals surface area contributed by atoms with Crippen molar-refractivity contribution in [2.45, 2.75) is 39.5 Å². The first-order valence-corrected chi connectivity index (χ1v) is 7.26. The van der Waals surface area contributed by atoms with Crippen LogP contribution in [0.4, 0.5) is 0 Å². The van der Waals surface area contributed by atoms with Gasteiger partial charge in [-0.2, -0.15) is 9.40 Å². The van der Waals surface area contributed by atoms with Crippen LogP contribution in [0.1, 0.15) is 32.2 Å². The Kier molecular flexibility index (Phi) is 4.32. The number of aromatic amines is 1. The summed E-state index contributed by atoms with van der Waals surface area (Å²) < 4.78 is 26.4. The van der Waals surface area contributed by atoms with Crippen molar-refractivity contribution in [1.82, 2.24) is 14.5 Å². The molecular formula is C11H21N3O2S. The van der Waals surface area contributed by atoms with E-state index in [2.05, 4.69) is 10.2 Å². The number of rotatable bonds is 5. The minimum atomic E-state index is -3.42. The molecule has 1 rings (SSSR count). The lowest BCUT2D eigenvalue weighted by Gasteiger charge is -2.22. The first-order valence-electron chi connectivity index (χ1n) is 5.82. The first-order chi connectivity index (χ1) is 7.80. The van der Waals surface area contributed by atoms with E-state index in [1.807, 2.05) is 20.8 Å². The lowest BCUT2D eigenvalue weighted by Crippen LogP contribution is -2.34. The predicted octanol–water partition coefficient (Wildman–Crippen LogP) is 1.69. The van der Waals surface area contributed by atoms with Crippen LogP contribution in [-0.4, -0.2) is 36.0 Å². The molecule has 5 nitrogen and oxygen atoms in total. The van der Waals surface area contributed by atoms with Crippen LogP contribution in [0, 0.1) is 19.8 Å². The van der Waals surface area contributed by atoms with Gasteiger partial charge in [0.05, 0.1) is 11.4 Å². The lowest BCUT2D eigenvalue weighted by atomic mass is 10.2. The van der Waals surface area contributed by atoms with Crippen molar-refractivity contribution >= 4 is 10.0 Å². The van der Waals surface area contributed by atoms with Crippen LogP contribution in [0.2, 0.25) is 0 Å². The molecule has 0 bridgehead atoms. The Bertz CT molecular complexity index is 457. The fraction of sp³-hybridized carbons (Fsp3) is 0.727. The number of nitrogens with one attached hydrogen (secondary N) is 1. The van der Waals surface area contributed by atoms with E-state index in [0.717, 1.165) is 0 Å². The molecule has 0 saturated heterocycles. The molecule has 0 saturated carbocycles. The number of hydrogen-bond acceptors (Lipinski definition) is 3. The average Bonchev–Trinajstić information content (AvgIpc) is 2.54. The van der Waals surface area contributed by atoms with E-state index >= 15 is 0 Å². The number of aryl methyl sites for hydroxylation is 2. The van der Waals surface area contributed by atoms with Gasteiger partial charge < -0.3 is 0 Å². The molecule has 0 radical (unpaired) electrons. The maximum Gasteiger partial charge on any atom is 0.246 e. The van der Waals surface area contributed by atoms with E-state index in [4.69, 9.17) is 0 Å². The third-order valence-corrected chi connectivity index (χ3v) is 4.78. The van der Waals surface area contributed by atoms with Crippen molar-refractivity contribution in [1.29, 1.82) is 0 Å². The van der Waals surface area contributed by atoms with Gasteiger partial charge in [-0.3, -0.25) is 5.10 Å². The summed E-state index contributed by atoms with van der Waals surface area (Å²) in [5.41, 5.74) is 1.13. The maximum atomic E-state index is 12.5. The molecule has 0 aliphatic carbocycles. The molecule has 1 N–H and O–H groups in total. The molecule has 0 aliphatic heterocycles. The summed E-state index contributed by atoms with van der Waals surface area (Å²) in [5, 5.41) is 6.67. The molecule has 1 heterocycles. The zero-order valence-electron chi connectivity index (χ0n) is 11.1. The average molecular weight is 259 g/mol. The summed E-state index contributed by atoms with van der Waals surface area (Å²) in [6.45, 7) is 10.3. The summed E-state index contributed by atoms with van der Waals surface area (Å²) in [5.74, 6) is 0.303. The van der Waals surface area contributed by atoms with Crippen LogP contribution in [0.25, 0.3) is 0 Å². The van der Waals surface area contributed by atoms with Gasteiger partial charge in [0, 0.05) is 13.1 Å². The van der Waals surface area contributed by atoms with Crippen molar-refractivity contribution in [3.8, 4) is 0 Å². The second-order valence-corrected chi connectivity index (χ2v) is 6.49. The first kappa shape index (κ1) is 14.2. The monoisotopic (exact) mass is 259 g/mol. The van der Waals surface area contributed by atoms with Crippen LogP contribution in [0.3, 0.4) is 0 Å². The summed E-state index contributed by atoms with van der Waals surface area (Å²) >= 11 is 0. The van der Waals surface area contributed by atoms with E-state index in [0.29, 0.717) is 35.3 Å². The zero-order valence-corrected chi connectivity index (χ0v) is 11.9. The summed E-state index contributed by atoms with van der Waals surface area (Å²) in [7, 11) is -3.42. The Hall–Kier alpha value is -0.880. The molecule has 0 unspecified atom stereocenters. The molecule has 0 spiro atoms. The molecule has 0 atom stereocenters. The second-order valence-electron chi connectivity index (χ2n) is 4.61. The van der Waals surface area contributed by atoms with Gasteiger partial charge in [0.1, 0.15) is 4.90 Å². The van der Waals surface area contributed by atoms with E-state index in [-0.39, 0.29) is 0 Å². The van der Waals surface area contributed by atoms with Gasteiger partial charge in [0.15, 0.2) is 0 Å². The van der Waals surface area contributed by atoms with Gasteiger partial charge in [-0.25, -0.2) is 8.42 Å². The van der Waals surface area contributed by atoms with Crippen molar-refractivity contribution in [3.05, 3.63) is 11.4 Å². The minimum absolute atomic E-state index is 0.303. The highest BCUT2D eigenvalue weighted by molar-refractivity contribution is 7.89. The number of nitrogens with zero attached hydrogens (tertiary/aromatic N) is 2. The maximum absolute atomic E-state index is 12.5. The second kappa shape index (κ2) is 5.18. The lowest BCUT2D eigenvalue weighted by molar-refractivity contribution is 0.380. The quantitative estimate of drug-likeness (QED) is 0.875. The highest BCUT2D eigenvalue weighted by Crippen LogP contribution is 2.22. The van der Waals surface area contributed by atoms with Crippen molar-refractivity contribution in [3.63, 3.8) is 0 Å². The predicted molar refractivity (Wildman–Crippen MR) is 67.3 cm³/mol. The van der Waals surface area contributed by atoms with Gasteiger partial charge in [-0.05, 0) is 19.8 Å². The van der Waals surface area contributed by atoms with Gasteiger partial charge in [-0.1, -0.05) is 20.8 Å². The molecule has 17 heavy (non-hydrogen) atoms. The fourth-order valence-corrected chi connectivity index (χ4v) is 3.80. The number of hydrogen-bond donors (Lipinski definition) is 1. The Labute approximate surface area is 103 Å². The standard InChI is InChI=1S/C11H21N3O2S/c1-6-14(7-8(2)3)17(15,16)11-9(4)12-13-10(11)5/h8H,6-7H2,1-5H3,(H,12,13). The van der Waals surface area contributed by atoms with Crippen LogP contribution in [0.5, 0.6) is 0 Å². The normalized spacial score (nSPS) is 12.6. The van der Waals surface area contributed by atoms with Crippen LogP contribution >= 0.6 is 0 Å². The molecular weight excluding hydrogens is 238 g/mol. The largest absolute Gasteiger partial charge is 0.281 e. The van der Waals surface area contributed by atoms with E-state index in [9.17, 15) is 8.42 Å². The summed E-state index contributed by atoms with van der Waals surface area (Å²) in [6, 6.07) is 0. The van der Waals surface area contributed by atoms with Crippen molar-refractivity contribution in [2.24, 2.45) is 5.92 Å². The SMILES string of the molecule is CCN(CC(C)C)S(=O)(=O)c1c(C)n[nH]c1C. The highest BCUT2D eigenvalue weighted by Gasteiger charge is 2.28. The Balaban J connectivity index is 3.18. The van der Waals surface area contributed by atoms with Crippen molar-refractivity contribution in [2.75, 3.05) is 13.1 Å².